The molecule has 0 saturated carbocycles. The number of nitrogens with one attached hydrogen (secondary N) is 2. The van der Waals surface area contributed by atoms with Gasteiger partial charge in [0.1, 0.15) is 17.9 Å². The molecular formula is C25H20FN5O3. The van der Waals surface area contributed by atoms with E-state index in [-0.39, 0.29) is 5.95 Å². The lowest BCUT2D eigenvalue weighted by atomic mass is 9.92. The first-order valence-corrected chi connectivity index (χ1v) is 10.6. The van der Waals surface area contributed by atoms with Crippen molar-refractivity contribution in [1.29, 1.82) is 0 Å². The molecule has 34 heavy (non-hydrogen) atoms. The third kappa shape index (κ3) is 3.57. The van der Waals surface area contributed by atoms with Gasteiger partial charge in [-0.15, -0.1) is 0 Å². The van der Waals surface area contributed by atoms with Crippen molar-refractivity contribution in [1.82, 2.24) is 19.8 Å². The molecule has 5 rings (SSSR count). The van der Waals surface area contributed by atoms with Gasteiger partial charge >= 0.3 is 6.03 Å². The summed E-state index contributed by atoms with van der Waals surface area (Å²) in [5.74, 6) is -1.37. The first kappa shape index (κ1) is 21.3. The monoisotopic (exact) mass is 457 g/mol. The Balaban J connectivity index is 1.40. The Labute approximate surface area is 194 Å². The van der Waals surface area contributed by atoms with E-state index in [1.807, 2.05) is 54.6 Å². The molecule has 1 fully saturated rings. The van der Waals surface area contributed by atoms with Crippen LogP contribution in [0.25, 0.3) is 16.7 Å². The molecule has 1 aliphatic rings. The van der Waals surface area contributed by atoms with Crippen LogP contribution in [0.3, 0.4) is 0 Å². The van der Waals surface area contributed by atoms with Crippen LogP contribution in [0, 0.1) is 5.82 Å². The molecule has 0 bridgehead atoms. The maximum Gasteiger partial charge on any atom is 0.325 e. The molecule has 1 aliphatic heterocycles. The largest absolute Gasteiger partial charge is 0.325 e. The van der Waals surface area contributed by atoms with Crippen LogP contribution in [0.15, 0.2) is 78.9 Å². The molecule has 9 heteroatoms. The first-order chi connectivity index (χ1) is 16.4. The van der Waals surface area contributed by atoms with Crippen molar-refractivity contribution in [2.45, 2.75) is 12.5 Å². The predicted molar refractivity (Wildman–Crippen MR) is 124 cm³/mol. The highest BCUT2D eigenvalue weighted by Crippen LogP contribution is 2.29. The van der Waals surface area contributed by atoms with Crippen LogP contribution in [0.5, 0.6) is 0 Å². The van der Waals surface area contributed by atoms with Gasteiger partial charge in [-0.3, -0.25) is 24.4 Å². The van der Waals surface area contributed by atoms with E-state index in [9.17, 15) is 18.8 Å². The second-order valence-corrected chi connectivity index (χ2v) is 8.10. The number of benzene rings is 3. The van der Waals surface area contributed by atoms with Gasteiger partial charge in [-0.05, 0) is 48.9 Å². The number of hydrogen-bond acceptors (Lipinski definition) is 4. The third-order valence-electron chi connectivity index (χ3n) is 5.82. The van der Waals surface area contributed by atoms with Gasteiger partial charge < -0.3 is 5.32 Å². The van der Waals surface area contributed by atoms with Crippen molar-refractivity contribution in [2.24, 2.45) is 0 Å². The number of imide groups is 1. The number of carbonyl (C=O) groups is 3. The number of aromatic nitrogens is 2. The predicted octanol–water partition coefficient (Wildman–Crippen LogP) is 3.57. The van der Waals surface area contributed by atoms with Crippen molar-refractivity contribution in [2.75, 3.05) is 11.9 Å². The summed E-state index contributed by atoms with van der Waals surface area (Å²) in [7, 11) is 0. The first-order valence-electron chi connectivity index (χ1n) is 10.6. The van der Waals surface area contributed by atoms with Gasteiger partial charge in [-0.1, -0.05) is 42.5 Å². The number of halogens is 1. The van der Waals surface area contributed by atoms with Crippen molar-refractivity contribution >= 4 is 34.8 Å². The number of amides is 4. The van der Waals surface area contributed by atoms with Crippen molar-refractivity contribution in [3.8, 4) is 5.69 Å². The second-order valence-electron chi connectivity index (χ2n) is 8.10. The normalized spacial score (nSPS) is 17.8. The summed E-state index contributed by atoms with van der Waals surface area (Å²) >= 11 is 0. The molecule has 1 aromatic heterocycles. The van der Waals surface area contributed by atoms with Gasteiger partial charge in [-0.25, -0.2) is 14.2 Å². The molecule has 3 aromatic carbocycles. The molecule has 1 saturated heterocycles. The molecule has 1 atom stereocenters. The topological polar surface area (TPSA) is 96.3 Å². The second kappa shape index (κ2) is 8.11. The fourth-order valence-corrected chi connectivity index (χ4v) is 4.08. The summed E-state index contributed by atoms with van der Waals surface area (Å²) < 4.78 is 15.1. The van der Waals surface area contributed by atoms with Crippen LogP contribution in [0.1, 0.15) is 12.5 Å². The fourth-order valence-electron chi connectivity index (χ4n) is 4.08. The number of fused-ring (bicyclic) bond motifs is 1. The maximum atomic E-state index is 13.3. The Morgan fingerprint density at radius 2 is 1.68 bits per heavy atom. The number of nitrogens with zero attached hydrogens (tertiary/aromatic N) is 3. The van der Waals surface area contributed by atoms with Crippen LogP contribution >= 0.6 is 0 Å². The molecule has 2 N–H and O–H groups in total. The summed E-state index contributed by atoms with van der Waals surface area (Å²) in [4.78, 5) is 43.9. The van der Waals surface area contributed by atoms with Gasteiger partial charge in [0, 0.05) is 5.69 Å². The van der Waals surface area contributed by atoms with Crippen LogP contribution in [0.2, 0.25) is 0 Å². The standard InChI is InChI=1S/C25H20FN5O3/c1-25(16-11-13-17(26)14-12-16)22(33)30(24(34)29-25)15-21(32)28-23-27-19-9-5-6-10-20(19)31(23)18-7-3-2-4-8-18/h2-14H,15H2,1H3,(H,29,34)(H,27,28,32). The van der Waals surface area contributed by atoms with Crippen LogP contribution in [-0.2, 0) is 15.1 Å². The Bertz CT molecular complexity index is 1420. The average Bonchev–Trinajstić information content (AvgIpc) is 3.30. The number of imidazole rings is 1. The molecule has 0 radical (unpaired) electrons. The number of carbonyl (C=O) groups excluding carboxylic acids is 3. The van der Waals surface area contributed by atoms with Crippen LogP contribution in [0.4, 0.5) is 15.1 Å². The lowest BCUT2D eigenvalue weighted by Crippen LogP contribution is -2.42. The Kier molecular flexibility index (Phi) is 5.09. The molecule has 2 heterocycles. The SMILES string of the molecule is CC1(c2ccc(F)cc2)NC(=O)N(CC(=O)Nc2nc3ccccc3n2-c2ccccc2)C1=O. The molecule has 8 nitrogen and oxygen atoms in total. The zero-order valence-corrected chi connectivity index (χ0v) is 18.2. The molecule has 4 amide bonds. The quantitative estimate of drug-likeness (QED) is 0.448. The Morgan fingerprint density at radius 1 is 1.00 bits per heavy atom. The average molecular weight is 457 g/mol. The molecule has 4 aromatic rings. The maximum absolute atomic E-state index is 13.3. The summed E-state index contributed by atoms with van der Waals surface area (Å²) in [5, 5.41) is 5.34. The van der Waals surface area contributed by atoms with Crippen LogP contribution in [-0.4, -0.2) is 38.8 Å². The van der Waals surface area contributed by atoms with Gasteiger partial charge in [-0.2, -0.15) is 0 Å². The van der Waals surface area contributed by atoms with E-state index in [2.05, 4.69) is 15.6 Å². The van der Waals surface area contributed by atoms with E-state index in [0.717, 1.165) is 16.1 Å². The van der Waals surface area contributed by atoms with Gasteiger partial charge in [0.25, 0.3) is 5.91 Å². The highest BCUT2D eigenvalue weighted by Gasteiger charge is 2.49. The minimum absolute atomic E-state index is 0.269. The number of para-hydroxylation sites is 3. The van der Waals surface area contributed by atoms with E-state index in [1.54, 1.807) is 4.57 Å². The van der Waals surface area contributed by atoms with Crippen molar-refractivity contribution < 1.29 is 18.8 Å². The summed E-state index contributed by atoms with van der Waals surface area (Å²) in [6, 6.07) is 21.4. The molecule has 0 aliphatic carbocycles. The minimum Gasteiger partial charge on any atom is -0.319 e. The van der Waals surface area contributed by atoms with E-state index < -0.39 is 35.7 Å². The van der Waals surface area contributed by atoms with Crippen molar-refractivity contribution in [3.05, 3.63) is 90.2 Å². The number of hydrogen-bond donors (Lipinski definition) is 2. The van der Waals surface area contributed by atoms with Gasteiger partial charge in [0.2, 0.25) is 11.9 Å². The van der Waals surface area contributed by atoms with Gasteiger partial charge in [0.05, 0.1) is 11.0 Å². The van der Waals surface area contributed by atoms with E-state index in [1.165, 1.54) is 31.2 Å². The lowest BCUT2D eigenvalue weighted by molar-refractivity contribution is -0.133. The molecular weight excluding hydrogens is 437 g/mol. The minimum atomic E-state index is -1.40. The van der Waals surface area contributed by atoms with E-state index in [4.69, 9.17) is 0 Å². The summed E-state index contributed by atoms with van der Waals surface area (Å²) in [5.41, 5.74) is 1.29. The van der Waals surface area contributed by atoms with Crippen LogP contribution < -0.4 is 10.6 Å². The third-order valence-corrected chi connectivity index (χ3v) is 5.82. The molecule has 1 unspecified atom stereocenters. The van der Waals surface area contributed by atoms with Crippen molar-refractivity contribution in [3.63, 3.8) is 0 Å². The highest BCUT2D eigenvalue weighted by molar-refractivity contribution is 6.10. The Hall–Kier alpha value is -4.53. The van der Waals surface area contributed by atoms with E-state index in [0.29, 0.717) is 11.1 Å². The fraction of sp³-hybridized carbons (Fsp3) is 0.120. The lowest BCUT2D eigenvalue weighted by Gasteiger charge is -2.22. The zero-order chi connectivity index (χ0) is 23.9. The zero-order valence-electron chi connectivity index (χ0n) is 18.2. The summed E-state index contributed by atoms with van der Waals surface area (Å²) in [6.07, 6.45) is 0. The highest BCUT2D eigenvalue weighted by atomic mass is 19.1. The Morgan fingerprint density at radius 3 is 2.41 bits per heavy atom. The number of rotatable bonds is 5. The number of urea groups is 1. The smallest absolute Gasteiger partial charge is 0.319 e. The number of anilines is 1. The summed E-state index contributed by atoms with van der Waals surface area (Å²) in [6.45, 7) is 1.02. The van der Waals surface area contributed by atoms with Gasteiger partial charge in [0.15, 0.2) is 0 Å². The molecule has 170 valence electrons. The molecule has 0 spiro atoms. The van der Waals surface area contributed by atoms with E-state index >= 15 is 0 Å².